The van der Waals surface area contributed by atoms with Crippen molar-refractivity contribution in [2.24, 2.45) is 0 Å². The number of halogens is 4. The van der Waals surface area contributed by atoms with E-state index in [1.807, 2.05) is 0 Å². The summed E-state index contributed by atoms with van der Waals surface area (Å²) >= 11 is 5.52. The molecule has 0 radical (unpaired) electrons. The minimum absolute atomic E-state index is 0.00665. The molecule has 1 rings (SSSR count). The molecule has 0 saturated carbocycles. The molecular formula is C11H7ClF3NO2. The second-order valence-corrected chi connectivity index (χ2v) is 3.59. The highest BCUT2D eigenvalue weighted by Crippen LogP contribution is 2.37. The Morgan fingerprint density at radius 3 is 2.56 bits per heavy atom. The quantitative estimate of drug-likeness (QED) is 0.778. The molecule has 3 nitrogen and oxygen atoms in total. The Hall–Kier alpha value is -1.74. The van der Waals surface area contributed by atoms with Crippen LogP contribution in [0.3, 0.4) is 0 Å². The first-order valence-electron chi connectivity index (χ1n) is 4.79. The predicted molar refractivity (Wildman–Crippen MR) is 57.1 cm³/mol. The number of hydrogen-bond acceptors (Lipinski definition) is 3. The van der Waals surface area contributed by atoms with E-state index in [1.54, 1.807) is 0 Å². The van der Waals surface area contributed by atoms with Gasteiger partial charge in [-0.1, -0.05) is 11.6 Å². The van der Waals surface area contributed by atoms with Crippen LogP contribution in [-0.4, -0.2) is 12.6 Å². The van der Waals surface area contributed by atoms with E-state index >= 15 is 0 Å². The van der Waals surface area contributed by atoms with Crippen molar-refractivity contribution >= 4 is 17.6 Å². The molecule has 0 atom stereocenters. The molecule has 1 aromatic rings. The van der Waals surface area contributed by atoms with Gasteiger partial charge in [-0.3, -0.25) is 0 Å². The minimum Gasteiger partial charge on any atom is -0.462 e. The molecule has 0 aliphatic heterocycles. The van der Waals surface area contributed by atoms with E-state index in [1.165, 1.54) is 13.0 Å². The first-order valence-corrected chi connectivity index (χ1v) is 5.17. The maximum Gasteiger partial charge on any atom is 0.417 e. The average molecular weight is 278 g/mol. The Morgan fingerprint density at radius 2 is 2.11 bits per heavy atom. The Morgan fingerprint density at radius 1 is 1.50 bits per heavy atom. The van der Waals surface area contributed by atoms with Crippen LogP contribution in [-0.2, 0) is 10.9 Å². The number of nitriles is 1. The van der Waals surface area contributed by atoms with Gasteiger partial charge in [0.15, 0.2) is 0 Å². The van der Waals surface area contributed by atoms with Crippen molar-refractivity contribution < 1.29 is 22.7 Å². The highest BCUT2D eigenvalue weighted by atomic mass is 35.5. The molecule has 18 heavy (non-hydrogen) atoms. The monoisotopic (exact) mass is 277 g/mol. The van der Waals surface area contributed by atoms with Gasteiger partial charge in [0, 0.05) is 0 Å². The van der Waals surface area contributed by atoms with Crippen molar-refractivity contribution in [1.82, 2.24) is 0 Å². The van der Waals surface area contributed by atoms with Gasteiger partial charge in [-0.2, -0.15) is 18.4 Å². The second-order valence-electron chi connectivity index (χ2n) is 3.22. The Bertz CT molecular complexity index is 520. The summed E-state index contributed by atoms with van der Waals surface area (Å²) in [6, 6.07) is 3.09. The summed E-state index contributed by atoms with van der Waals surface area (Å²) in [7, 11) is 0. The lowest BCUT2D eigenvalue weighted by Crippen LogP contribution is -2.12. The van der Waals surface area contributed by atoms with Crippen LogP contribution in [0.25, 0.3) is 0 Å². The third-order valence-corrected chi connectivity index (χ3v) is 2.41. The van der Waals surface area contributed by atoms with Gasteiger partial charge in [0.25, 0.3) is 0 Å². The lowest BCUT2D eigenvalue weighted by molar-refractivity contribution is -0.137. The van der Waals surface area contributed by atoms with Crippen molar-refractivity contribution in [2.45, 2.75) is 13.1 Å². The Labute approximate surface area is 106 Å². The van der Waals surface area contributed by atoms with Crippen LogP contribution in [0, 0.1) is 11.3 Å². The van der Waals surface area contributed by atoms with Crippen molar-refractivity contribution in [3.63, 3.8) is 0 Å². The van der Waals surface area contributed by atoms with Gasteiger partial charge in [-0.15, -0.1) is 0 Å². The lowest BCUT2D eigenvalue weighted by Gasteiger charge is -2.12. The third-order valence-electron chi connectivity index (χ3n) is 2.00. The van der Waals surface area contributed by atoms with Gasteiger partial charge in [-0.25, -0.2) is 4.79 Å². The van der Waals surface area contributed by atoms with Crippen molar-refractivity contribution in [3.05, 3.63) is 33.8 Å². The van der Waals surface area contributed by atoms with Crippen LogP contribution in [0.1, 0.15) is 28.4 Å². The number of carbonyl (C=O) groups is 1. The smallest absolute Gasteiger partial charge is 0.417 e. The molecule has 0 heterocycles. The molecule has 0 aromatic heterocycles. The van der Waals surface area contributed by atoms with E-state index in [0.717, 1.165) is 6.07 Å². The maximum absolute atomic E-state index is 12.6. The number of ether oxygens (including phenoxy) is 1. The van der Waals surface area contributed by atoms with Crippen LogP contribution in [0.5, 0.6) is 0 Å². The lowest BCUT2D eigenvalue weighted by atomic mass is 10.1. The first kappa shape index (κ1) is 14.3. The fourth-order valence-electron chi connectivity index (χ4n) is 1.25. The minimum atomic E-state index is -4.74. The van der Waals surface area contributed by atoms with Crippen LogP contribution < -0.4 is 0 Å². The van der Waals surface area contributed by atoms with Gasteiger partial charge in [-0.05, 0) is 19.1 Å². The van der Waals surface area contributed by atoms with Gasteiger partial charge in [0.2, 0.25) is 0 Å². The van der Waals surface area contributed by atoms with Crippen LogP contribution in [0.15, 0.2) is 12.1 Å². The van der Waals surface area contributed by atoms with Gasteiger partial charge >= 0.3 is 12.1 Å². The predicted octanol–water partition coefficient (Wildman–Crippen LogP) is 3.41. The molecule has 0 unspecified atom stereocenters. The van der Waals surface area contributed by atoms with Crippen LogP contribution in [0.4, 0.5) is 13.2 Å². The maximum atomic E-state index is 12.6. The summed E-state index contributed by atoms with van der Waals surface area (Å²) in [6.07, 6.45) is -4.74. The topological polar surface area (TPSA) is 50.1 Å². The number of rotatable bonds is 2. The van der Waals surface area contributed by atoms with Gasteiger partial charge < -0.3 is 4.74 Å². The summed E-state index contributed by atoms with van der Waals surface area (Å²) in [6.45, 7) is 1.50. The number of nitrogens with zero attached hydrogens (tertiary/aromatic N) is 1. The standard InChI is InChI=1S/C11H7ClF3NO2/c1-2-18-10(17)7-3-6(5-16)4-8(9(7)12)11(13,14)15/h3-4H,2H2,1H3. The highest BCUT2D eigenvalue weighted by Gasteiger charge is 2.35. The molecular weight excluding hydrogens is 271 g/mol. The summed E-state index contributed by atoms with van der Waals surface area (Å²) in [5.74, 6) is -0.995. The zero-order chi connectivity index (χ0) is 13.9. The number of carbonyl (C=O) groups excluding carboxylic acids is 1. The summed E-state index contributed by atoms with van der Waals surface area (Å²) < 4.78 is 42.5. The molecule has 0 N–H and O–H groups in total. The van der Waals surface area contributed by atoms with Gasteiger partial charge in [0.1, 0.15) is 0 Å². The average Bonchev–Trinajstić information content (AvgIpc) is 2.28. The molecule has 0 spiro atoms. The molecule has 96 valence electrons. The van der Waals surface area contributed by atoms with Crippen molar-refractivity contribution in [3.8, 4) is 6.07 Å². The largest absolute Gasteiger partial charge is 0.462 e. The van der Waals surface area contributed by atoms with Crippen molar-refractivity contribution in [1.29, 1.82) is 5.26 Å². The zero-order valence-corrected chi connectivity index (χ0v) is 9.89. The van der Waals surface area contributed by atoms with E-state index in [2.05, 4.69) is 4.74 Å². The molecule has 0 amide bonds. The SMILES string of the molecule is CCOC(=O)c1cc(C#N)cc(C(F)(F)F)c1Cl. The van der Waals surface area contributed by atoms with E-state index in [4.69, 9.17) is 16.9 Å². The highest BCUT2D eigenvalue weighted by molar-refractivity contribution is 6.34. The molecule has 1 aromatic carbocycles. The van der Waals surface area contributed by atoms with Crippen molar-refractivity contribution in [2.75, 3.05) is 6.61 Å². The number of esters is 1. The van der Waals surface area contributed by atoms with E-state index in [-0.39, 0.29) is 12.2 Å². The second kappa shape index (κ2) is 5.27. The van der Waals surface area contributed by atoms with E-state index < -0.39 is 28.3 Å². The summed E-state index contributed by atoms with van der Waals surface area (Å²) in [4.78, 5) is 11.4. The molecule has 7 heteroatoms. The molecule has 0 fully saturated rings. The zero-order valence-electron chi connectivity index (χ0n) is 9.14. The normalized spacial score (nSPS) is 10.9. The first-order chi connectivity index (χ1) is 8.31. The number of alkyl halides is 3. The third kappa shape index (κ3) is 2.93. The number of hydrogen-bond donors (Lipinski definition) is 0. The Kier molecular flexibility index (Phi) is 4.19. The summed E-state index contributed by atoms with van der Waals surface area (Å²) in [5.41, 5.74) is -2.01. The van der Waals surface area contributed by atoms with Gasteiger partial charge in [0.05, 0.1) is 34.4 Å². The Balaban J connectivity index is 3.45. The summed E-state index contributed by atoms with van der Waals surface area (Å²) in [5, 5.41) is 7.88. The van der Waals surface area contributed by atoms with Crippen LogP contribution >= 0.6 is 11.6 Å². The van der Waals surface area contributed by atoms with E-state index in [0.29, 0.717) is 6.07 Å². The molecule has 0 aliphatic rings. The number of benzene rings is 1. The molecule has 0 bridgehead atoms. The van der Waals surface area contributed by atoms with Crippen LogP contribution in [0.2, 0.25) is 5.02 Å². The molecule has 0 aliphatic carbocycles. The fourth-order valence-corrected chi connectivity index (χ4v) is 1.55. The fraction of sp³-hybridized carbons (Fsp3) is 0.273. The molecule has 0 saturated heterocycles. The van der Waals surface area contributed by atoms with E-state index in [9.17, 15) is 18.0 Å².